The summed E-state index contributed by atoms with van der Waals surface area (Å²) in [6.45, 7) is 3.56. The first-order chi connectivity index (χ1) is 12.6. The molecular formula is C20H26ClN3O2. The minimum Gasteiger partial charge on any atom is -0.367 e. The number of hydrogen-bond donors (Lipinski definition) is 0. The fourth-order valence-corrected chi connectivity index (χ4v) is 4.86. The highest BCUT2D eigenvalue weighted by molar-refractivity contribution is 6.33. The number of carbonyl (C=O) groups is 2. The molecule has 3 aliphatic rings. The zero-order valence-electron chi connectivity index (χ0n) is 15.1. The van der Waals surface area contributed by atoms with Crippen LogP contribution in [-0.2, 0) is 9.59 Å². The molecule has 140 valence electrons. The number of rotatable bonds is 3. The van der Waals surface area contributed by atoms with E-state index in [0.29, 0.717) is 32.1 Å². The molecule has 2 saturated heterocycles. The van der Waals surface area contributed by atoms with Gasteiger partial charge >= 0.3 is 0 Å². The Morgan fingerprint density at radius 2 is 1.73 bits per heavy atom. The van der Waals surface area contributed by atoms with E-state index in [1.165, 1.54) is 12.8 Å². The van der Waals surface area contributed by atoms with Crippen molar-refractivity contribution >= 4 is 29.1 Å². The zero-order chi connectivity index (χ0) is 18.1. The molecule has 1 aromatic rings. The van der Waals surface area contributed by atoms with Crippen molar-refractivity contribution < 1.29 is 9.59 Å². The van der Waals surface area contributed by atoms with Gasteiger partial charge in [0, 0.05) is 45.2 Å². The second kappa shape index (κ2) is 7.47. The third kappa shape index (κ3) is 3.41. The van der Waals surface area contributed by atoms with Gasteiger partial charge in [0.15, 0.2) is 0 Å². The lowest BCUT2D eigenvalue weighted by Crippen LogP contribution is -2.50. The van der Waals surface area contributed by atoms with Gasteiger partial charge in [-0.3, -0.25) is 9.59 Å². The number of piperazine rings is 1. The Bertz CT molecular complexity index is 681. The standard InChI is InChI=1S/C20H26ClN3O2/c21-17-7-3-4-8-18(17)22-9-11-23(12-10-22)20(26)15-13-19(25)24(14-15)16-5-1-2-6-16/h3-4,7-8,15-16H,1-2,5-6,9-14H2. The van der Waals surface area contributed by atoms with Crippen LogP contribution in [0.5, 0.6) is 0 Å². The van der Waals surface area contributed by atoms with Crippen LogP contribution in [-0.4, -0.2) is 60.4 Å². The van der Waals surface area contributed by atoms with Gasteiger partial charge in [-0.25, -0.2) is 0 Å². The molecule has 6 heteroatoms. The van der Waals surface area contributed by atoms with E-state index in [9.17, 15) is 9.59 Å². The lowest BCUT2D eigenvalue weighted by atomic mass is 10.1. The van der Waals surface area contributed by atoms with Gasteiger partial charge in [-0.15, -0.1) is 0 Å². The van der Waals surface area contributed by atoms with E-state index < -0.39 is 0 Å². The fourth-order valence-electron chi connectivity index (χ4n) is 4.60. The molecule has 0 radical (unpaired) electrons. The highest BCUT2D eigenvalue weighted by Crippen LogP contribution is 2.31. The van der Waals surface area contributed by atoms with E-state index in [-0.39, 0.29) is 17.7 Å². The summed E-state index contributed by atoms with van der Waals surface area (Å²) in [7, 11) is 0. The number of nitrogens with zero attached hydrogens (tertiary/aromatic N) is 3. The molecule has 2 amide bonds. The molecule has 3 fully saturated rings. The van der Waals surface area contributed by atoms with Crippen LogP contribution in [0.15, 0.2) is 24.3 Å². The third-order valence-electron chi connectivity index (χ3n) is 6.06. The van der Waals surface area contributed by atoms with Gasteiger partial charge in [0.25, 0.3) is 0 Å². The fraction of sp³-hybridized carbons (Fsp3) is 0.600. The summed E-state index contributed by atoms with van der Waals surface area (Å²) in [5.41, 5.74) is 1.03. The van der Waals surface area contributed by atoms with Crippen molar-refractivity contribution in [3.8, 4) is 0 Å². The summed E-state index contributed by atoms with van der Waals surface area (Å²) < 4.78 is 0. The minimum absolute atomic E-state index is 0.151. The maximum atomic E-state index is 12.9. The first kappa shape index (κ1) is 17.7. The van der Waals surface area contributed by atoms with Crippen molar-refractivity contribution in [3.05, 3.63) is 29.3 Å². The molecule has 4 rings (SSSR count). The van der Waals surface area contributed by atoms with Gasteiger partial charge in [0.1, 0.15) is 0 Å². The molecule has 2 aliphatic heterocycles. The van der Waals surface area contributed by atoms with Crippen LogP contribution in [0.25, 0.3) is 0 Å². The molecule has 1 unspecified atom stereocenters. The van der Waals surface area contributed by atoms with Crippen LogP contribution in [0.4, 0.5) is 5.69 Å². The predicted octanol–water partition coefficient (Wildman–Crippen LogP) is 2.78. The molecule has 1 atom stereocenters. The van der Waals surface area contributed by atoms with E-state index in [1.807, 2.05) is 34.1 Å². The van der Waals surface area contributed by atoms with Crippen molar-refractivity contribution in [2.75, 3.05) is 37.6 Å². The van der Waals surface area contributed by atoms with Crippen molar-refractivity contribution in [2.24, 2.45) is 5.92 Å². The summed E-state index contributed by atoms with van der Waals surface area (Å²) in [5.74, 6) is 0.164. The normalized spacial score (nSPS) is 24.6. The summed E-state index contributed by atoms with van der Waals surface area (Å²) >= 11 is 6.29. The summed E-state index contributed by atoms with van der Waals surface area (Å²) in [6, 6.07) is 8.21. The predicted molar refractivity (Wildman–Crippen MR) is 102 cm³/mol. The van der Waals surface area contributed by atoms with Gasteiger partial charge in [0.05, 0.1) is 16.6 Å². The van der Waals surface area contributed by atoms with Crippen LogP contribution in [0.1, 0.15) is 32.1 Å². The summed E-state index contributed by atoms with van der Waals surface area (Å²) in [6.07, 6.45) is 5.00. The van der Waals surface area contributed by atoms with Gasteiger partial charge in [0.2, 0.25) is 11.8 Å². The number of benzene rings is 1. The molecule has 1 aromatic carbocycles. The lowest BCUT2D eigenvalue weighted by molar-refractivity contribution is -0.136. The number of hydrogen-bond acceptors (Lipinski definition) is 3. The average molecular weight is 376 g/mol. The maximum absolute atomic E-state index is 12.9. The van der Waals surface area contributed by atoms with Crippen molar-refractivity contribution in [1.82, 2.24) is 9.80 Å². The molecular weight excluding hydrogens is 350 g/mol. The zero-order valence-corrected chi connectivity index (χ0v) is 15.8. The SMILES string of the molecule is O=C(C1CC(=O)N(C2CCCC2)C1)N1CCN(c2ccccc2Cl)CC1. The number of likely N-dealkylation sites (tertiary alicyclic amines) is 1. The number of carbonyl (C=O) groups excluding carboxylic acids is 2. The molecule has 1 saturated carbocycles. The van der Waals surface area contributed by atoms with Crippen molar-refractivity contribution in [2.45, 2.75) is 38.1 Å². The largest absolute Gasteiger partial charge is 0.367 e. The highest BCUT2D eigenvalue weighted by Gasteiger charge is 2.40. The Morgan fingerprint density at radius 3 is 2.42 bits per heavy atom. The number of anilines is 1. The Kier molecular flexibility index (Phi) is 5.07. The topological polar surface area (TPSA) is 43.9 Å². The quantitative estimate of drug-likeness (QED) is 0.816. The van der Waals surface area contributed by atoms with Crippen LogP contribution in [0.2, 0.25) is 5.02 Å². The molecule has 0 N–H and O–H groups in total. The molecule has 2 heterocycles. The smallest absolute Gasteiger partial charge is 0.228 e. The monoisotopic (exact) mass is 375 g/mol. The first-order valence-corrected chi connectivity index (χ1v) is 10.1. The molecule has 5 nitrogen and oxygen atoms in total. The second-order valence-corrected chi connectivity index (χ2v) is 8.06. The Balaban J connectivity index is 1.34. The van der Waals surface area contributed by atoms with Gasteiger partial charge < -0.3 is 14.7 Å². The highest BCUT2D eigenvalue weighted by atomic mass is 35.5. The van der Waals surface area contributed by atoms with E-state index in [2.05, 4.69) is 4.90 Å². The molecule has 0 spiro atoms. The average Bonchev–Trinajstić information content (AvgIpc) is 3.31. The van der Waals surface area contributed by atoms with Crippen LogP contribution in [0, 0.1) is 5.92 Å². The Hall–Kier alpha value is -1.75. The molecule has 0 aromatic heterocycles. The summed E-state index contributed by atoms with van der Waals surface area (Å²) in [4.78, 5) is 31.4. The minimum atomic E-state index is -0.157. The molecule has 0 bridgehead atoms. The van der Waals surface area contributed by atoms with Gasteiger partial charge in [-0.2, -0.15) is 0 Å². The van der Waals surface area contributed by atoms with Crippen LogP contribution < -0.4 is 4.90 Å². The van der Waals surface area contributed by atoms with Crippen LogP contribution >= 0.6 is 11.6 Å². The van der Waals surface area contributed by atoms with E-state index >= 15 is 0 Å². The first-order valence-electron chi connectivity index (χ1n) is 9.71. The number of halogens is 1. The van der Waals surface area contributed by atoms with Crippen LogP contribution in [0.3, 0.4) is 0 Å². The number of para-hydroxylation sites is 1. The second-order valence-electron chi connectivity index (χ2n) is 7.65. The van der Waals surface area contributed by atoms with E-state index in [0.717, 1.165) is 36.6 Å². The summed E-state index contributed by atoms with van der Waals surface area (Å²) in [5, 5.41) is 0.751. The van der Waals surface area contributed by atoms with E-state index in [1.54, 1.807) is 0 Å². The van der Waals surface area contributed by atoms with Gasteiger partial charge in [-0.1, -0.05) is 36.6 Å². The van der Waals surface area contributed by atoms with Gasteiger partial charge in [-0.05, 0) is 25.0 Å². The van der Waals surface area contributed by atoms with Crippen molar-refractivity contribution in [3.63, 3.8) is 0 Å². The molecule has 1 aliphatic carbocycles. The van der Waals surface area contributed by atoms with Crippen molar-refractivity contribution in [1.29, 1.82) is 0 Å². The third-order valence-corrected chi connectivity index (χ3v) is 6.38. The molecule has 26 heavy (non-hydrogen) atoms. The Labute approximate surface area is 159 Å². The van der Waals surface area contributed by atoms with E-state index in [4.69, 9.17) is 11.6 Å². The number of amides is 2. The maximum Gasteiger partial charge on any atom is 0.228 e. The lowest BCUT2D eigenvalue weighted by Gasteiger charge is -2.37. The Morgan fingerprint density at radius 1 is 1.04 bits per heavy atom.